The topological polar surface area (TPSA) is 128 Å². The van der Waals surface area contributed by atoms with Gasteiger partial charge < -0.3 is 29.7 Å². The zero-order chi connectivity index (χ0) is 24.7. The smallest absolute Gasteiger partial charge is 0.231 e. The van der Waals surface area contributed by atoms with E-state index in [0.29, 0.717) is 71.4 Å². The quantitative estimate of drug-likeness (QED) is 0.413. The molecule has 1 atom stereocenters. The molecular formula is C25H30N7O3P. The van der Waals surface area contributed by atoms with Crippen LogP contribution in [-0.2, 0) is 9.30 Å². The number of fused-ring (bicyclic) bond motifs is 1. The van der Waals surface area contributed by atoms with E-state index in [1.165, 1.54) is 12.8 Å². The standard InChI is InChI=1S/C25H30N7O3P/c1-34-21-12-19(36(33)10-7-32(8-11-36)18-2-3-18)4-5-20(21)29-25-30-23-22(16(13-26)14-27-23)24(31-25)28-17-6-9-35-15-17/h4-5,12,14,17-18H,2-3,6-11,15H2,1H3,(H3,27,28,29,30,31). The molecule has 4 heterocycles. The number of nitrogens with zero attached hydrogens (tertiary/aromatic N) is 4. The van der Waals surface area contributed by atoms with Crippen LogP contribution in [-0.4, -0.2) is 77.7 Å². The predicted molar refractivity (Wildman–Crippen MR) is 139 cm³/mol. The molecule has 0 radical (unpaired) electrons. The van der Waals surface area contributed by atoms with Crippen LogP contribution >= 0.6 is 7.14 Å². The summed E-state index contributed by atoms with van der Waals surface area (Å²) in [4.78, 5) is 14.8. The fraction of sp³-hybridized carbons (Fsp3) is 0.480. The van der Waals surface area contributed by atoms with Gasteiger partial charge in [-0.2, -0.15) is 15.2 Å². The molecule has 2 aliphatic heterocycles. The molecule has 2 aromatic heterocycles. The van der Waals surface area contributed by atoms with Gasteiger partial charge in [-0.15, -0.1) is 0 Å². The first kappa shape index (κ1) is 23.3. The maximum Gasteiger partial charge on any atom is 0.231 e. The zero-order valence-electron chi connectivity index (χ0n) is 20.3. The lowest BCUT2D eigenvalue weighted by atomic mass is 10.2. The van der Waals surface area contributed by atoms with Crippen molar-refractivity contribution in [3.05, 3.63) is 30.0 Å². The summed E-state index contributed by atoms with van der Waals surface area (Å²) in [7, 11) is -0.846. The van der Waals surface area contributed by atoms with Crippen LogP contribution in [0.2, 0.25) is 0 Å². The number of aromatic amines is 1. The summed E-state index contributed by atoms with van der Waals surface area (Å²) < 4.78 is 24.9. The Kier molecular flexibility index (Phi) is 6.08. The van der Waals surface area contributed by atoms with Gasteiger partial charge in [0.1, 0.15) is 30.4 Å². The summed E-state index contributed by atoms with van der Waals surface area (Å²) in [5, 5.41) is 17.7. The second kappa shape index (κ2) is 9.40. The number of aromatic nitrogens is 3. The normalized spacial score (nSPS) is 21.8. The van der Waals surface area contributed by atoms with Gasteiger partial charge >= 0.3 is 0 Å². The minimum Gasteiger partial charge on any atom is -0.495 e. The number of anilines is 3. The highest BCUT2D eigenvalue weighted by Gasteiger charge is 2.37. The van der Waals surface area contributed by atoms with Crippen molar-refractivity contribution >= 4 is 40.9 Å². The van der Waals surface area contributed by atoms with E-state index in [1.54, 1.807) is 13.3 Å². The van der Waals surface area contributed by atoms with Crippen molar-refractivity contribution in [2.24, 2.45) is 0 Å². The Bertz CT molecular complexity index is 1360. The number of benzene rings is 1. The van der Waals surface area contributed by atoms with Crippen LogP contribution in [0.15, 0.2) is 24.4 Å². The SMILES string of the molecule is COc1cc(P2(=O)CCN(C3CC3)CC2)ccc1Nc1nc(NC2CCOC2)c2c(C#N)c[nH]c2n1. The van der Waals surface area contributed by atoms with Gasteiger partial charge in [-0.1, -0.05) is 0 Å². The zero-order valence-corrected chi connectivity index (χ0v) is 21.2. The summed E-state index contributed by atoms with van der Waals surface area (Å²) in [6.45, 7) is 3.09. The Labute approximate surface area is 209 Å². The number of ether oxygens (including phenoxy) is 2. The number of methoxy groups -OCH3 is 1. The highest BCUT2D eigenvalue weighted by atomic mass is 31.2. The van der Waals surface area contributed by atoms with Gasteiger partial charge in [0.25, 0.3) is 0 Å². The van der Waals surface area contributed by atoms with E-state index in [-0.39, 0.29) is 6.04 Å². The molecule has 0 amide bonds. The Morgan fingerprint density at radius 3 is 2.78 bits per heavy atom. The second-order valence-electron chi connectivity index (χ2n) is 9.75. The van der Waals surface area contributed by atoms with Crippen LogP contribution in [0.5, 0.6) is 5.75 Å². The summed E-state index contributed by atoms with van der Waals surface area (Å²) in [6.07, 6.45) is 6.49. The van der Waals surface area contributed by atoms with E-state index in [4.69, 9.17) is 14.5 Å². The lowest BCUT2D eigenvalue weighted by Gasteiger charge is -2.32. The van der Waals surface area contributed by atoms with E-state index >= 15 is 0 Å². The maximum atomic E-state index is 13.8. The van der Waals surface area contributed by atoms with Gasteiger partial charge in [0.15, 0.2) is 0 Å². The minimum absolute atomic E-state index is 0.120. The van der Waals surface area contributed by atoms with Crippen LogP contribution in [0, 0.1) is 11.3 Å². The molecular weight excluding hydrogens is 477 g/mol. The lowest BCUT2D eigenvalue weighted by Crippen LogP contribution is -2.38. The van der Waals surface area contributed by atoms with Gasteiger partial charge in [-0.05, 0) is 37.5 Å². The Morgan fingerprint density at radius 1 is 1.25 bits per heavy atom. The highest BCUT2D eigenvalue weighted by Crippen LogP contribution is 2.49. The molecule has 1 unspecified atom stereocenters. The van der Waals surface area contributed by atoms with Crippen molar-refractivity contribution in [2.45, 2.75) is 31.3 Å². The van der Waals surface area contributed by atoms with Crippen LogP contribution in [0.25, 0.3) is 11.0 Å². The number of nitriles is 1. The lowest BCUT2D eigenvalue weighted by molar-refractivity contribution is 0.195. The molecule has 10 nitrogen and oxygen atoms in total. The van der Waals surface area contributed by atoms with Crippen molar-refractivity contribution in [3.63, 3.8) is 0 Å². The molecule has 0 bridgehead atoms. The average molecular weight is 508 g/mol. The molecule has 11 heteroatoms. The van der Waals surface area contributed by atoms with Gasteiger partial charge in [0.2, 0.25) is 5.95 Å². The van der Waals surface area contributed by atoms with Gasteiger partial charge in [0.05, 0.1) is 36.4 Å². The Morgan fingerprint density at radius 2 is 2.08 bits per heavy atom. The molecule has 1 aliphatic carbocycles. The number of rotatable bonds is 7. The van der Waals surface area contributed by atoms with Crippen molar-refractivity contribution in [1.82, 2.24) is 19.9 Å². The molecule has 1 saturated carbocycles. The molecule has 188 valence electrons. The summed E-state index contributed by atoms with van der Waals surface area (Å²) in [5.41, 5.74) is 1.73. The molecule has 36 heavy (non-hydrogen) atoms. The molecule has 1 aromatic carbocycles. The average Bonchev–Trinajstić information content (AvgIpc) is 3.45. The Hall–Kier alpha value is -3.12. The minimum atomic E-state index is -2.45. The summed E-state index contributed by atoms with van der Waals surface area (Å²) >= 11 is 0. The maximum absolute atomic E-state index is 13.8. The van der Waals surface area contributed by atoms with E-state index < -0.39 is 7.14 Å². The van der Waals surface area contributed by atoms with E-state index in [1.807, 2.05) is 18.2 Å². The monoisotopic (exact) mass is 507 g/mol. The van der Waals surface area contributed by atoms with Crippen molar-refractivity contribution in [2.75, 3.05) is 56.4 Å². The largest absolute Gasteiger partial charge is 0.495 e. The molecule has 3 N–H and O–H groups in total. The van der Waals surface area contributed by atoms with Gasteiger partial charge in [-0.3, -0.25) is 4.90 Å². The third-order valence-corrected chi connectivity index (χ3v) is 10.4. The second-order valence-corrected chi connectivity index (χ2v) is 12.9. The molecule has 3 fully saturated rings. The fourth-order valence-electron chi connectivity index (χ4n) is 5.15. The highest BCUT2D eigenvalue weighted by molar-refractivity contribution is 7.71. The first-order valence-corrected chi connectivity index (χ1v) is 14.6. The predicted octanol–water partition coefficient (Wildman–Crippen LogP) is 3.25. The number of hydrogen-bond acceptors (Lipinski definition) is 9. The molecule has 3 aliphatic rings. The molecule has 3 aromatic rings. The van der Waals surface area contributed by atoms with Crippen molar-refractivity contribution in [3.8, 4) is 11.8 Å². The molecule has 2 saturated heterocycles. The Balaban J connectivity index is 1.27. The van der Waals surface area contributed by atoms with E-state index in [9.17, 15) is 9.83 Å². The van der Waals surface area contributed by atoms with E-state index in [2.05, 4.69) is 31.6 Å². The molecule has 0 spiro atoms. The van der Waals surface area contributed by atoms with Crippen molar-refractivity contribution in [1.29, 1.82) is 5.26 Å². The van der Waals surface area contributed by atoms with Crippen molar-refractivity contribution < 1.29 is 14.0 Å². The number of nitrogens with one attached hydrogen (secondary N) is 3. The first-order valence-electron chi connectivity index (χ1n) is 12.5. The third-order valence-electron chi connectivity index (χ3n) is 7.38. The van der Waals surface area contributed by atoms with Crippen LogP contribution < -0.4 is 20.7 Å². The van der Waals surface area contributed by atoms with E-state index in [0.717, 1.165) is 24.8 Å². The van der Waals surface area contributed by atoms with Gasteiger partial charge in [0, 0.05) is 49.6 Å². The molecule has 6 rings (SSSR count). The van der Waals surface area contributed by atoms with Crippen LogP contribution in [0.3, 0.4) is 0 Å². The number of H-pyrrole nitrogens is 1. The summed E-state index contributed by atoms with van der Waals surface area (Å²) in [5.74, 6) is 1.54. The fourth-order valence-corrected chi connectivity index (χ4v) is 7.75. The summed E-state index contributed by atoms with van der Waals surface area (Å²) in [6, 6.07) is 8.76. The van der Waals surface area contributed by atoms with Crippen LogP contribution in [0.1, 0.15) is 24.8 Å². The third kappa shape index (κ3) is 4.43. The van der Waals surface area contributed by atoms with Gasteiger partial charge in [-0.25, -0.2) is 0 Å². The number of hydrogen-bond donors (Lipinski definition) is 3. The van der Waals surface area contributed by atoms with Crippen LogP contribution in [0.4, 0.5) is 17.5 Å². The first-order chi connectivity index (χ1) is 17.6.